The van der Waals surface area contributed by atoms with Gasteiger partial charge in [-0.15, -0.1) is 0 Å². The van der Waals surface area contributed by atoms with Crippen LogP contribution in [0.3, 0.4) is 0 Å². The van der Waals surface area contributed by atoms with Crippen LogP contribution in [-0.2, 0) is 23.1 Å². The largest absolute Gasteiger partial charge is 0.497 e. The predicted octanol–water partition coefficient (Wildman–Crippen LogP) is 4.67. The molecule has 36 heavy (non-hydrogen) atoms. The van der Waals surface area contributed by atoms with Crippen LogP contribution >= 0.6 is 0 Å². The normalized spacial score (nSPS) is 11.5. The Balaban J connectivity index is 2.17. The maximum atomic E-state index is 14.6. The van der Waals surface area contributed by atoms with Crippen molar-refractivity contribution in [3.05, 3.63) is 76.9 Å². The highest BCUT2D eigenvalue weighted by molar-refractivity contribution is 7.89. The summed E-state index contributed by atoms with van der Waals surface area (Å²) in [6, 6.07) is 9.26. The Bertz CT molecular complexity index is 1310. The van der Waals surface area contributed by atoms with Gasteiger partial charge in [-0.05, 0) is 12.1 Å². The van der Waals surface area contributed by atoms with Gasteiger partial charge in [0.1, 0.15) is 27.9 Å². The van der Waals surface area contributed by atoms with Crippen molar-refractivity contribution in [3.63, 3.8) is 0 Å². The summed E-state index contributed by atoms with van der Waals surface area (Å²) in [6.07, 6.45) is 0. The zero-order chi connectivity index (χ0) is 26.6. The summed E-state index contributed by atoms with van der Waals surface area (Å²) < 4.78 is 105. The number of sulfonamides is 1. The SMILES string of the molecule is COc1ccc(CN(Cc2ccc(OC)cc2OC)S(=O)(=O)c2cc(F)c(F)c(F)c2F)c(OC)c1. The molecule has 0 saturated heterocycles. The minimum atomic E-state index is -4.93. The molecular formula is C24H23F4NO6S. The summed E-state index contributed by atoms with van der Waals surface area (Å²) in [5, 5.41) is 0. The number of methoxy groups -OCH3 is 4. The van der Waals surface area contributed by atoms with Crippen LogP contribution < -0.4 is 18.9 Å². The first kappa shape index (κ1) is 27.1. The van der Waals surface area contributed by atoms with E-state index in [1.165, 1.54) is 52.7 Å². The van der Waals surface area contributed by atoms with E-state index < -0.39 is 51.3 Å². The maximum absolute atomic E-state index is 14.6. The highest BCUT2D eigenvalue weighted by atomic mass is 32.2. The standard InChI is InChI=1S/C24H23F4NO6S/c1-32-16-7-5-14(19(9-16)34-3)12-29(13-15-6-8-17(33-2)10-20(15)35-4)36(30,31)21-11-18(25)22(26)24(28)23(21)27/h5-11H,12-13H2,1-4H3. The molecule has 0 unspecified atom stereocenters. The first-order chi connectivity index (χ1) is 17.1. The van der Waals surface area contributed by atoms with Crippen LogP contribution in [0.15, 0.2) is 47.4 Å². The zero-order valence-electron chi connectivity index (χ0n) is 19.8. The van der Waals surface area contributed by atoms with E-state index in [1.807, 2.05) is 0 Å². The second kappa shape index (κ2) is 11.0. The summed E-state index contributed by atoms with van der Waals surface area (Å²) >= 11 is 0. The Labute approximate surface area is 205 Å². The van der Waals surface area contributed by atoms with Gasteiger partial charge in [0, 0.05) is 42.4 Å². The molecule has 194 valence electrons. The summed E-state index contributed by atoms with van der Waals surface area (Å²) in [5.41, 5.74) is 0.663. The van der Waals surface area contributed by atoms with Crippen LogP contribution in [0, 0.1) is 23.3 Å². The van der Waals surface area contributed by atoms with E-state index in [9.17, 15) is 26.0 Å². The molecule has 0 aromatic heterocycles. The van der Waals surface area contributed by atoms with E-state index in [0.29, 0.717) is 22.6 Å². The lowest BCUT2D eigenvalue weighted by atomic mass is 10.1. The molecule has 0 N–H and O–H groups in total. The third kappa shape index (κ3) is 5.34. The molecule has 0 spiro atoms. The first-order valence-corrected chi connectivity index (χ1v) is 11.8. The van der Waals surface area contributed by atoms with Crippen LogP contribution in [0.2, 0.25) is 0 Å². The average molecular weight is 530 g/mol. The molecule has 0 amide bonds. The fraction of sp³-hybridized carbons (Fsp3) is 0.250. The van der Waals surface area contributed by atoms with Crippen molar-refractivity contribution in [2.45, 2.75) is 18.0 Å². The molecule has 0 bridgehead atoms. The van der Waals surface area contributed by atoms with Gasteiger partial charge >= 0.3 is 0 Å². The number of nitrogens with zero attached hydrogens (tertiary/aromatic N) is 1. The molecule has 0 aliphatic rings. The molecule has 3 rings (SSSR count). The van der Waals surface area contributed by atoms with Gasteiger partial charge < -0.3 is 18.9 Å². The number of hydrogen-bond acceptors (Lipinski definition) is 6. The minimum absolute atomic E-state index is 0.104. The van der Waals surface area contributed by atoms with Crippen LogP contribution in [-0.4, -0.2) is 41.2 Å². The molecule has 3 aromatic carbocycles. The van der Waals surface area contributed by atoms with E-state index in [1.54, 1.807) is 12.1 Å². The van der Waals surface area contributed by atoms with Crippen molar-refractivity contribution in [3.8, 4) is 23.0 Å². The Morgan fingerprint density at radius 3 is 1.56 bits per heavy atom. The van der Waals surface area contributed by atoms with E-state index in [4.69, 9.17) is 18.9 Å². The number of ether oxygens (including phenoxy) is 4. The number of rotatable bonds is 10. The summed E-state index contributed by atoms with van der Waals surface area (Å²) in [5.74, 6) is -6.91. The van der Waals surface area contributed by atoms with Gasteiger partial charge in [0.2, 0.25) is 10.0 Å². The molecule has 0 atom stereocenters. The number of benzene rings is 3. The Hall–Kier alpha value is -3.51. The fourth-order valence-corrected chi connectivity index (χ4v) is 4.91. The molecule has 0 heterocycles. The van der Waals surface area contributed by atoms with Gasteiger partial charge in [-0.25, -0.2) is 26.0 Å². The summed E-state index contributed by atoms with van der Waals surface area (Å²) in [7, 11) is 0.641. The molecule has 0 saturated carbocycles. The van der Waals surface area contributed by atoms with Gasteiger partial charge in [-0.2, -0.15) is 4.31 Å². The van der Waals surface area contributed by atoms with Crippen LogP contribution in [0.4, 0.5) is 17.6 Å². The smallest absolute Gasteiger partial charge is 0.246 e. The maximum Gasteiger partial charge on any atom is 0.246 e. The van der Waals surface area contributed by atoms with Gasteiger partial charge in [0.05, 0.1) is 28.4 Å². The lowest BCUT2D eigenvalue weighted by Gasteiger charge is -2.25. The third-order valence-electron chi connectivity index (χ3n) is 5.37. The molecule has 7 nitrogen and oxygen atoms in total. The lowest BCUT2D eigenvalue weighted by molar-refractivity contribution is 0.353. The molecule has 12 heteroatoms. The molecule has 3 aromatic rings. The summed E-state index contributed by atoms with van der Waals surface area (Å²) in [4.78, 5) is -1.36. The minimum Gasteiger partial charge on any atom is -0.497 e. The molecule has 0 aliphatic carbocycles. The Morgan fingerprint density at radius 2 is 1.14 bits per heavy atom. The average Bonchev–Trinajstić information content (AvgIpc) is 2.89. The van der Waals surface area contributed by atoms with Gasteiger partial charge in [0.15, 0.2) is 23.3 Å². The van der Waals surface area contributed by atoms with E-state index in [0.717, 1.165) is 4.31 Å². The van der Waals surface area contributed by atoms with E-state index >= 15 is 0 Å². The van der Waals surface area contributed by atoms with E-state index in [-0.39, 0.29) is 17.6 Å². The monoisotopic (exact) mass is 529 g/mol. The van der Waals surface area contributed by atoms with Gasteiger partial charge in [-0.1, -0.05) is 12.1 Å². The van der Waals surface area contributed by atoms with Crippen molar-refractivity contribution in [2.24, 2.45) is 0 Å². The predicted molar refractivity (Wildman–Crippen MR) is 122 cm³/mol. The summed E-state index contributed by atoms with van der Waals surface area (Å²) in [6.45, 7) is -0.824. The quantitative estimate of drug-likeness (QED) is 0.216. The lowest BCUT2D eigenvalue weighted by Crippen LogP contribution is -2.31. The highest BCUT2D eigenvalue weighted by Gasteiger charge is 2.33. The van der Waals surface area contributed by atoms with Crippen molar-refractivity contribution < 1.29 is 44.9 Å². The molecule has 0 fully saturated rings. The van der Waals surface area contributed by atoms with Gasteiger partial charge in [0.25, 0.3) is 0 Å². The zero-order valence-corrected chi connectivity index (χ0v) is 20.6. The molecular weight excluding hydrogens is 506 g/mol. The second-order valence-corrected chi connectivity index (χ2v) is 9.33. The van der Waals surface area contributed by atoms with Gasteiger partial charge in [-0.3, -0.25) is 0 Å². The fourth-order valence-electron chi connectivity index (χ4n) is 3.45. The van der Waals surface area contributed by atoms with Crippen molar-refractivity contribution in [2.75, 3.05) is 28.4 Å². The Morgan fingerprint density at radius 1 is 0.667 bits per heavy atom. The van der Waals surface area contributed by atoms with Crippen molar-refractivity contribution >= 4 is 10.0 Å². The topological polar surface area (TPSA) is 74.3 Å². The molecule has 0 aliphatic heterocycles. The first-order valence-electron chi connectivity index (χ1n) is 10.3. The molecule has 0 radical (unpaired) electrons. The van der Waals surface area contributed by atoms with Crippen LogP contribution in [0.1, 0.15) is 11.1 Å². The third-order valence-corrected chi connectivity index (χ3v) is 7.16. The number of halogens is 4. The second-order valence-electron chi connectivity index (χ2n) is 7.43. The highest BCUT2D eigenvalue weighted by Crippen LogP contribution is 2.33. The van der Waals surface area contributed by atoms with E-state index in [2.05, 4.69) is 0 Å². The van der Waals surface area contributed by atoms with Crippen LogP contribution in [0.25, 0.3) is 0 Å². The van der Waals surface area contributed by atoms with Crippen molar-refractivity contribution in [1.29, 1.82) is 0 Å². The Kier molecular flexibility index (Phi) is 8.31. The number of hydrogen-bond donors (Lipinski definition) is 0. The van der Waals surface area contributed by atoms with Crippen molar-refractivity contribution in [1.82, 2.24) is 4.31 Å². The van der Waals surface area contributed by atoms with Crippen LogP contribution in [0.5, 0.6) is 23.0 Å².